The molecule has 2 amide bonds. The fourth-order valence-electron chi connectivity index (χ4n) is 4.56. The largest absolute Gasteiger partial charge is 0.444 e. The van der Waals surface area contributed by atoms with Crippen molar-refractivity contribution in [3.63, 3.8) is 0 Å². The quantitative estimate of drug-likeness (QED) is 0.484. The van der Waals surface area contributed by atoms with E-state index in [-0.39, 0.29) is 22.8 Å². The van der Waals surface area contributed by atoms with Crippen molar-refractivity contribution in [1.82, 2.24) is 14.9 Å². The summed E-state index contributed by atoms with van der Waals surface area (Å²) in [6.45, 7) is 13.9. The molecular formula is C25H33BrN4O3S. The molecule has 3 heterocycles. The first kappa shape index (κ1) is 25.1. The number of ether oxygens (including phenoxy) is 1. The van der Waals surface area contributed by atoms with Gasteiger partial charge in [0.05, 0.1) is 10.7 Å². The molecule has 2 fully saturated rings. The predicted octanol–water partition coefficient (Wildman–Crippen LogP) is 5.86. The summed E-state index contributed by atoms with van der Waals surface area (Å²) in [5, 5.41) is 6.12. The lowest BCUT2D eigenvalue weighted by atomic mass is 9.93. The molecule has 1 saturated heterocycles. The van der Waals surface area contributed by atoms with Crippen LogP contribution in [0.15, 0.2) is 22.1 Å². The summed E-state index contributed by atoms with van der Waals surface area (Å²) in [6, 6.07) is 3.08. The molecule has 0 bridgehead atoms. The van der Waals surface area contributed by atoms with Crippen LogP contribution < -0.4 is 5.32 Å². The average molecular weight is 550 g/mol. The second-order valence-electron chi connectivity index (χ2n) is 11.5. The summed E-state index contributed by atoms with van der Waals surface area (Å²) in [7, 11) is 0. The smallest absolute Gasteiger partial charge is 0.411 e. The van der Waals surface area contributed by atoms with Gasteiger partial charge in [-0.1, -0.05) is 26.8 Å². The highest BCUT2D eigenvalue weighted by Gasteiger charge is 2.68. The van der Waals surface area contributed by atoms with Crippen molar-refractivity contribution in [3.8, 4) is 0 Å². The number of halogens is 1. The molecule has 0 aromatic carbocycles. The molecule has 2 aromatic heterocycles. The first-order chi connectivity index (χ1) is 15.7. The van der Waals surface area contributed by atoms with Crippen LogP contribution in [0.4, 0.5) is 10.6 Å². The molecular weight excluding hydrogens is 516 g/mol. The number of nitrogens with one attached hydrogen (secondary N) is 1. The van der Waals surface area contributed by atoms with Gasteiger partial charge in [0.25, 0.3) is 0 Å². The third kappa shape index (κ3) is 5.15. The Morgan fingerprint density at radius 2 is 1.91 bits per heavy atom. The Labute approximate surface area is 213 Å². The maximum absolute atomic E-state index is 13.4. The fraction of sp³-hybridized carbons (Fsp3) is 0.600. The first-order valence-corrected chi connectivity index (χ1v) is 13.3. The van der Waals surface area contributed by atoms with E-state index in [9.17, 15) is 9.59 Å². The minimum Gasteiger partial charge on any atom is -0.444 e. The summed E-state index contributed by atoms with van der Waals surface area (Å²) in [4.78, 5) is 37.6. The summed E-state index contributed by atoms with van der Waals surface area (Å²) in [5.41, 5.74) is 1.14. The van der Waals surface area contributed by atoms with E-state index in [2.05, 4.69) is 52.4 Å². The lowest BCUT2D eigenvalue weighted by Crippen LogP contribution is -2.47. The number of hydrogen-bond donors (Lipinski definition) is 1. The highest BCUT2D eigenvalue weighted by molar-refractivity contribution is 9.10. The molecule has 1 aliphatic heterocycles. The first-order valence-electron chi connectivity index (χ1n) is 11.6. The van der Waals surface area contributed by atoms with E-state index in [0.717, 1.165) is 29.1 Å². The van der Waals surface area contributed by atoms with E-state index in [1.807, 2.05) is 39.8 Å². The third-order valence-corrected chi connectivity index (χ3v) is 7.74. The number of piperidine rings is 1. The molecule has 2 aliphatic rings. The fourth-order valence-corrected chi connectivity index (χ4v) is 6.04. The van der Waals surface area contributed by atoms with Gasteiger partial charge in [0.2, 0.25) is 5.91 Å². The van der Waals surface area contributed by atoms with Crippen LogP contribution in [-0.2, 0) is 21.4 Å². The molecule has 4 rings (SSSR count). The molecule has 184 valence electrons. The molecule has 0 unspecified atom stereocenters. The van der Waals surface area contributed by atoms with Gasteiger partial charge in [-0.25, -0.2) is 14.8 Å². The van der Waals surface area contributed by atoms with Gasteiger partial charge in [-0.2, -0.15) is 0 Å². The Balaban J connectivity index is 1.58. The zero-order valence-electron chi connectivity index (χ0n) is 20.9. The number of anilines is 1. The number of carbonyl (C=O) groups is 2. The van der Waals surface area contributed by atoms with Crippen LogP contribution in [0.2, 0.25) is 0 Å². The van der Waals surface area contributed by atoms with Crippen molar-refractivity contribution in [3.05, 3.63) is 38.4 Å². The van der Waals surface area contributed by atoms with Gasteiger partial charge < -0.3 is 10.1 Å². The molecule has 1 N–H and O–H groups in total. The molecule has 0 radical (unpaired) electrons. The van der Waals surface area contributed by atoms with Crippen LogP contribution in [-0.4, -0.2) is 44.6 Å². The summed E-state index contributed by atoms with van der Waals surface area (Å²) >= 11 is 5.03. The zero-order chi connectivity index (χ0) is 25.1. The van der Waals surface area contributed by atoms with Crippen molar-refractivity contribution in [2.45, 2.75) is 90.8 Å². The SMILES string of the molecule is Cc1ccc(Br)nc1NC(=O)[C@@H]1C[C@@]2(Cc3nc(C(C)(C)C)cs3)C[C@H]2N1C(=O)OC(C)(C)C. The molecule has 2 aromatic rings. The Bertz CT molecular complexity index is 1120. The number of amides is 2. The number of aryl methyl sites for hydroxylation is 1. The number of carbonyl (C=O) groups excluding carboxylic acids is 2. The van der Waals surface area contributed by atoms with Gasteiger partial charge in [-0.15, -0.1) is 11.3 Å². The maximum atomic E-state index is 13.4. The summed E-state index contributed by atoms with van der Waals surface area (Å²) < 4.78 is 6.35. The summed E-state index contributed by atoms with van der Waals surface area (Å²) in [5.74, 6) is 0.258. The monoisotopic (exact) mass is 548 g/mol. The second kappa shape index (κ2) is 8.59. The molecule has 1 saturated carbocycles. The number of thiazole rings is 1. The van der Waals surface area contributed by atoms with E-state index in [4.69, 9.17) is 9.72 Å². The number of pyridine rings is 1. The van der Waals surface area contributed by atoms with E-state index in [1.54, 1.807) is 16.2 Å². The van der Waals surface area contributed by atoms with E-state index in [0.29, 0.717) is 16.8 Å². The lowest BCUT2D eigenvalue weighted by molar-refractivity contribution is -0.121. The topological polar surface area (TPSA) is 84.4 Å². The van der Waals surface area contributed by atoms with Gasteiger partial charge in [-0.3, -0.25) is 9.69 Å². The Morgan fingerprint density at radius 3 is 2.53 bits per heavy atom. The predicted molar refractivity (Wildman–Crippen MR) is 137 cm³/mol. The minimum atomic E-state index is -0.641. The number of hydrogen-bond acceptors (Lipinski definition) is 6. The Hall–Kier alpha value is -2.00. The van der Waals surface area contributed by atoms with Gasteiger partial charge in [0.1, 0.15) is 22.1 Å². The van der Waals surface area contributed by atoms with Crippen molar-refractivity contribution in [1.29, 1.82) is 0 Å². The second-order valence-corrected chi connectivity index (χ2v) is 13.3. The van der Waals surface area contributed by atoms with Crippen molar-refractivity contribution < 1.29 is 14.3 Å². The molecule has 9 heteroatoms. The molecule has 3 atom stereocenters. The van der Waals surface area contributed by atoms with Gasteiger partial charge in [0, 0.05) is 28.7 Å². The van der Waals surface area contributed by atoms with Crippen molar-refractivity contribution >= 4 is 45.1 Å². The van der Waals surface area contributed by atoms with E-state index >= 15 is 0 Å². The number of aromatic nitrogens is 2. The minimum absolute atomic E-state index is 0.00909. The van der Waals surface area contributed by atoms with Gasteiger partial charge in [-0.05, 0) is 68.1 Å². The van der Waals surface area contributed by atoms with Crippen LogP contribution in [0, 0.1) is 12.3 Å². The molecule has 7 nitrogen and oxygen atoms in total. The van der Waals surface area contributed by atoms with Crippen LogP contribution in [0.25, 0.3) is 0 Å². The van der Waals surface area contributed by atoms with E-state index in [1.165, 1.54) is 0 Å². The van der Waals surface area contributed by atoms with Crippen molar-refractivity contribution in [2.24, 2.45) is 5.41 Å². The lowest BCUT2D eigenvalue weighted by Gasteiger charge is -2.29. The van der Waals surface area contributed by atoms with Crippen LogP contribution >= 0.6 is 27.3 Å². The highest BCUT2D eigenvalue weighted by atomic mass is 79.9. The van der Waals surface area contributed by atoms with Crippen molar-refractivity contribution in [2.75, 3.05) is 5.32 Å². The number of likely N-dealkylation sites (tertiary alicyclic amines) is 1. The van der Waals surface area contributed by atoms with Crippen LogP contribution in [0.3, 0.4) is 0 Å². The maximum Gasteiger partial charge on any atom is 0.411 e. The Morgan fingerprint density at radius 1 is 1.21 bits per heavy atom. The Kier molecular flexibility index (Phi) is 6.34. The van der Waals surface area contributed by atoms with E-state index < -0.39 is 17.7 Å². The molecule has 34 heavy (non-hydrogen) atoms. The highest BCUT2D eigenvalue weighted by Crippen LogP contribution is 2.61. The third-order valence-electron chi connectivity index (χ3n) is 6.45. The normalized spacial score (nSPS) is 24.1. The number of nitrogens with zero attached hydrogens (tertiary/aromatic N) is 3. The molecule has 0 spiro atoms. The van der Waals surface area contributed by atoms with Crippen LogP contribution in [0.1, 0.15) is 70.6 Å². The molecule has 1 aliphatic carbocycles. The summed E-state index contributed by atoms with van der Waals surface area (Å²) in [6.07, 6.45) is 1.76. The zero-order valence-corrected chi connectivity index (χ0v) is 23.3. The number of rotatable bonds is 4. The van der Waals surface area contributed by atoms with Crippen LogP contribution in [0.5, 0.6) is 0 Å². The van der Waals surface area contributed by atoms with Gasteiger partial charge >= 0.3 is 6.09 Å². The number of fused-ring (bicyclic) bond motifs is 1. The standard InChI is InChI=1S/C25H33BrN4O3S/c1-14-8-9-18(26)28-20(14)29-21(31)15-10-25(12-19-27-16(13-34-19)23(2,3)4)11-17(25)30(15)22(32)33-24(5,6)7/h8-9,13,15,17H,10-12H2,1-7H3,(H,28,29,31)/t15-,17+,25-/m0/s1. The van der Waals surface area contributed by atoms with Gasteiger partial charge in [0.15, 0.2) is 0 Å². The average Bonchev–Trinajstić information content (AvgIpc) is 3.04.